The molecule has 0 spiro atoms. The van der Waals surface area contributed by atoms with E-state index in [0.29, 0.717) is 12.9 Å². The maximum Gasteiger partial charge on any atom is 0.307 e. The summed E-state index contributed by atoms with van der Waals surface area (Å²) in [4.78, 5) is 13.0. The molecular weight excluding hydrogens is 293 g/mol. The molecular formula is C17H25BNO4. The molecule has 6 heteroatoms. The van der Waals surface area contributed by atoms with Crippen molar-refractivity contribution in [2.24, 2.45) is 5.92 Å². The molecule has 125 valence electrons. The van der Waals surface area contributed by atoms with E-state index in [1.54, 1.807) is 6.92 Å². The van der Waals surface area contributed by atoms with Gasteiger partial charge < -0.3 is 14.9 Å². The highest BCUT2D eigenvalue weighted by Crippen LogP contribution is 2.27. The van der Waals surface area contributed by atoms with E-state index in [1.165, 1.54) is 13.0 Å². The van der Waals surface area contributed by atoms with Crippen LogP contribution >= 0.6 is 0 Å². The predicted octanol–water partition coefficient (Wildman–Crippen LogP) is 1.91. The van der Waals surface area contributed by atoms with E-state index in [1.807, 2.05) is 19.1 Å². The Morgan fingerprint density at radius 3 is 2.70 bits per heavy atom. The van der Waals surface area contributed by atoms with E-state index in [9.17, 15) is 4.79 Å². The third kappa shape index (κ3) is 4.72. The molecule has 0 amide bonds. The SMILES string of the molecule is Cc1cc([C@@H](C)C[B]O)ccc1OC1CN(CC(C)C(=O)O)C1. The summed E-state index contributed by atoms with van der Waals surface area (Å²) in [5, 5.41) is 17.8. The van der Waals surface area contributed by atoms with Crippen LogP contribution in [0.2, 0.25) is 6.32 Å². The average Bonchev–Trinajstić information content (AvgIpc) is 2.46. The molecule has 2 rings (SSSR count). The van der Waals surface area contributed by atoms with Gasteiger partial charge in [0.1, 0.15) is 11.9 Å². The van der Waals surface area contributed by atoms with Gasteiger partial charge in [0.2, 0.25) is 0 Å². The van der Waals surface area contributed by atoms with Crippen molar-refractivity contribution in [2.45, 2.75) is 39.1 Å². The Bertz CT molecular complexity index is 545. The first kappa shape index (κ1) is 17.8. The van der Waals surface area contributed by atoms with Crippen molar-refractivity contribution in [1.82, 2.24) is 4.90 Å². The van der Waals surface area contributed by atoms with Gasteiger partial charge in [0.15, 0.2) is 0 Å². The van der Waals surface area contributed by atoms with E-state index >= 15 is 0 Å². The molecule has 1 radical (unpaired) electrons. The second-order valence-electron chi connectivity index (χ2n) is 6.54. The summed E-state index contributed by atoms with van der Waals surface area (Å²) < 4.78 is 6.00. The van der Waals surface area contributed by atoms with E-state index in [4.69, 9.17) is 14.9 Å². The number of carbonyl (C=O) groups is 1. The molecule has 2 N–H and O–H groups in total. The first-order chi connectivity index (χ1) is 10.9. The van der Waals surface area contributed by atoms with Gasteiger partial charge in [-0.05, 0) is 36.4 Å². The van der Waals surface area contributed by atoms with E-state index in [-0.39, 0.29) is 17.9 Å². The van der Waals surface area contributed by atoms with Crippen LogP contribution in [-0.2, 0) is 4.79 Å². The van der Waals surface area contributed by atoms with Gasteiger partial charge in [-0.3, -0.25) is 9.69 Å². The van der Waals surface area contributed by atoms with Gasteiger partial charge in [-0.2, -0.15) is 0 Å². The summed E-state index contributed by atoms with van der Waals surface area (Å²) in [5.41, 5.74) is 2.27. The molecule has 1 saturated heterocycles. The van der Waals surface area contributed by atoms with Crippen LogP contribution in [0.25, 0.3) is 0 Å². The Morgan fingerprint density at radius 1 is 1.43 bits per heavy atom. The Kier molecular flexibility index (Phi) is 6.07. The quantitative estimate of drug-likeness (QED) is 0.717. The number of aryl methyl sites for hydroxylation is 1. The van der Waals surface area contributed by atoms with Crippen LogP contribution in [0.3, 0.4) is 0 Å². The normalized spacial score (nSPS) is 18.1. The smallest absolute Gasteiger partial charge is 0.307 e. The molecule has 1 aliphatic heterocycles. The fourth-order valence-electron chi connectivity index (χ4n) is 2.80. The lowest BCUT2D eigenvalue weighted by atomic mass is 9.82. The number of ether oxygens (including phenoxy) is 1. The van der Waals surface area contributed by atoms with E-state index in [2.05, 4.69) is 17.9 Å². The second-order valence-corrected chi connectivity index (χ2v) is 6.54. The predicted molar refractivity (Wildman–Crippen MR) is 90.0 cm³/mol. The second kappa shape index (κ2) is 7.84. The van der Waals surface area contributed by atoms with Crippen molar-refractivity contribution < 1.29 is 19.7 Å². The molecule has 1 heterocycles. The fraction of sp³-hybridized carbons (Fsp3) is 0.588. The molecule has 0 aromatic heterocycles. The molecule has 0 saturated carbocycles. The number of hydrogen-bond acceptors (Lipinski definition) is 4. The first-order valence-corrected chi connectivity index (χ1v) is 8.09. The molecule has 1 aromatic carbocycles. The number of carboxylic acids is 1. The maximum absolute atomic E-state index is 10.8. The van der Waals surface area contributed by atoms with Crippen LogP contribution in [0.15, 0.2) is 18.2 Å². The van der Waals surface area contributed by atoms with Crippen LogP contribution in [0.1, 0.15) is 30.9 Å². The zero-order valence-electron chi connectivity index (χ0n) is 14.0. The highest BCUT2D eigenvalue weighted by molar-refractivity contribution is 6.25. The van der Waals surface area contributed by atoms with Gasteiger partial charge in [0.05, 0.1) is 5.92 Å². The molecule has 0 aliphatic carbocycles. The number of benzene rings is 1. The average molecular weight is 318 g/mol. The maximum atomic E-state index is 10.8. The number of nitrogens with zero attached hydrogens (tertiary/aromatic N) is 1. The molecule has 1 fully saturated rings. The van der Waals surface area contributed by atoms with Crippen LogP contribution in [0.5, 0.6) is 5.75 Å². The van der Waals surface area contributed by atoms with E-state index in [0.717, 1.165) is 24.4 Å². The fourth-order valence-corrected chi connectivity index (χ4v) is 2.80. The number of hydrogen-bond donors (Lipinski definition) is 2. The summed E-state index contributed by atoms with van der Waals surface area (Å²) >= 11 is 0. The van der Waals surface area contributed by atoms with Gasteiger partial charge in [-0.15, -0.1) is 0 Å². The number of aliphatic carboxylic acids is 1. The van der Waals surface area contributed by atoms with Crippen molar-refractivity contribution in [1.29, 1.82) is 0 Å². The minimum absolute atomic E-state index is 0.128. The summed E-state index contributed by atoms with van der Waals surface area (Å²) in [6.45, 7) is 7.95. The zero-order chi connectivity index (χ0) is 17.0. The van der Waals surface area contributed by atoms with Gasteiger partial charge >= 0.3 is 5.97 Å². The van der Waals surface area contributed by atoms with Crippen LogP contribution in [0.4, 0.5) is 0 Å². The lowest BCUT2D eigenvalue weighted by molar-refractivity contribution is -0.142. The van der Waals surface area contributed by atoms with Crippen molar-refractivity contribution in [2.75, 3.05) is 19.6 Å². The monoisotopic (exact) mass is 318 g/mol. The van der Waals surface area contributed by atoms with Crippen LogP contribution in [-0.4, -0.2) is 54.2 Å². The summed E-state index contributed by atoms with van der Waals surface area (Å²) in [6, 6.07) is 6.13. The molecule has 0 bridgehead atoms. The first-order valence-electron chi connectivity index (χ1n) is 8.09. The lowest BCUT2D eigenvalue weighted by Crippen LogP contribution is -2.55. The van der Waals surface area contributed by atoms with Gasteiger partial charge in [0, 0.05) is 19.6 Å². The van der Waals surface area contributed by atoms with Crippen molar-refractivity contribution in [3.8, 4) is 5.75 Å². The third-order valence-electron chi connectivity index (χ3n) is 4.40. The van der Waals surface area contributed by atoms with Crippen LogP contribution in [0, 0.1) is 12.8 Å². The van der Waals surface area contributed by atoms with Gasteiger partial charge in [0.25, 0.3) is 7.48 Å². The topological polar surface area (TPSA) is 70.0 Å². The minimum Gasteiger partial charge on any atom is -0.487 e. The number of likely N-dealkylation sites (tertiary alicyclic amines) is 1. The minimum atomic E-state index is -0.755. The molecule has 1 aliphatic rings. The Morgan fingerprint density at radius 2 is 2.13 bits per heavy atom. The highest BCUT2D eigenvalue weighted by Gasteiger charge is 2.31. The van der Waals surface area contributed by atoms with E-state index < -0.39 is 5.97 Å². The van der Waals surface area contributed by atoms with Gasteiger partial charge in [-0.1, -0.05) is 26.0 Å². The van der Waals surface area contributed by atoms with Crippen molar-refractivity contribution in [3.63, 3.8) is 0 Å². The summed E-state index contributed by atoms with van der Waals surface area (Å²) in [5.74, 6) is 0.0612. The van der Waals surface area contributed by atoms with Crippen LogP contribution < -0.4 is 4.74 Å². The Labute approximate surface area is 138 Å². The van der Waals surface area contributed by atoms with Crippen molar-refractivity contribution in [3.05, 3.63) is 29.3 Å². The number of carboxylic acid groups (broad SMARTS) is 1. The highest BCUT2D eigenvalue weighted by atomic mass is 16.5. The molecule has 1 unspecified atom stereocenters. The van der Waals surface area contributed by atoms with Gasteiger partial charge in [-0.25, -0.2) is 0 Å². The molecule has 5 nitrogen and oxygen atoms in total. The molecule has 2 atom stereocenters. The molecule has 23 heavy (non-hydrogen) atoms. The third-order valence-corrected chi connectivity index (χ3v) is 4.40. The van der Waals surface area contributed by atoms with Crippen molar-refractivity contribution >= 4 is 13.5 Å². The zero-order valence-corrected chi connectivity index (χ0v) is 14.0. The standard InChI is InChI=1S/C17H25BNO4/c1-11-6-14(12(2)7-18-22)4-5-16(11)23-15-9-19(10-15)8-13(3)17(20)21/h4-6,12-13,15,22H,7-10H2,1-3H3,(H,20,21)/t12-,13?/m0/s1. The lowest BCUT2D eigenvalue weighted by Gasteiger charge is -2.40. The Balaban J connectivity index is 1.84. The number of rotatable bonds is 8. The summed E-state index contributed by atoms with van der Waals surface area (Å²) in [7, 11) is 1.20. The Hall–Kier alpha value is -1.53. The largest absolute Gasteiger partial charge is 0.487 e. The molecule has 1 aromatic rings. The summed E-state index contributed by atoms with van der Waals surface area (Å²) in [6.07, 6.45) is 0.766.